The molecule has 0 bridgehead atoms. The maximum Gasteiger partial charge on any atom is 0.308 e. The molecule has 2 unspecified atom stereocenters. The molecule has 1 N–H and O–H groups in total. The number of aryl methyl sites for hydroxylation is 1. The van der Waals surface area contributed by atoms with Gasteiger partial charge in [-0.15, -0.1) is 0 Å². The highest BCUT2D eigenvalue weighted by Gasteiger charge is 2.56. The summed E-state index contributed by atoms with van der Waals surface area (Å²) in [6, 6.07) is 22.6. The van der Waals surface area contributed by atoms with E-state index in [2.05, 4.69) is 40.0 Å². The van der Waals surface area contributed by atoms with Crippen LogP contribution in [0.4, 0.5) is 17.1 Å². The van der Waals surface area contributed by atoms with Crippen molar-refractivity contribution in [3.05, 3.63) is 103 Å². The molecule has 0 spiro atoms. The van der Waals surface area contributed by atoms with E-state index in [1.165, 1.54) is 21.2 Å². The van der Waals surface area contributed by atoms with Gasteiger partial charge in [0, 0.05) is 39.7 Å². The number of fused-ring (bicyclic) bond motifs is 2. The number of aromatic nitrogens is 1. The average molecular weight is 692 g/mol. The molecule has 0 radical (unpaired) electrons. The van der Waals surface area contributed by atoms with Gasteiger partial charge in [-0.25, -0.2) is 4.90 Å². The molecule has 0 aliphatic carbocycles. The number of rotatable bonds is 8. The lowest BCUT2D eigenvalue weighted by Gasteiger charge is -2.31. The van der Waals surface area contributed by atoms with E-state index in [1.54, 1.807) is 24.3 Å². The zero-order valence-corrected chi connectivity index (χ0v) is 27.7. The first-order valence-electron chi connectivity index (χ1n) is 14.4. The van der Waals surface area contributed by atoms with Crippen LogP contribution in [0.3, 0.4) is 0 Å². The maximum absolute atomic E-state index is 14.1. The topological polar surface area (TPSA) is 91.7 Å². The Labute approximate surface area is 272 Å². The van der Waals surface area contributed by atoms with Crippen LogP contribution in [0, 0.1) is 12.8 Å². The van der Waals surface area contributed by atoms with E-state index >= 15 is 0 Å². The van der Waals surface area contributed by atoms with Crippen LogP contribution in [0.1, 0.15) is 35.8 Å². The number of thioether (sulfide) groups is 1. The predicted octanol–water partition coefficient (Wildman–Crippen LogP) is 6.26. The van der Waals surface area contributed by atoms with Crippen molar-refractivity contribution in [3.8, 4) is 0 Å². The van der Waals surface area contributed by atoms with Crippen LogP contribution < -0.4 is 20.0 Å². The van der Waals surface area contributed by atoms with Crippen LogP contribution in [0.2, 0.25) is 0 Å². The van der Waals surface area contributed by atoms with E-state index in [9.17, 15) is 19.2 Å². The third kappa shape index (κ3) is 5.52. The van der Waals surface area contributed by atoms with Crippen molar-refractivity contribution in [3.63, 3.8) is 0 Å². The van der Waals surface area contributed by atoms with E-state index in [0.717, 1.165) is 45.7 Å². The second-order valence-corrected chi connectivity index (χ2v) is 13.9. The fourth-order valence-corrected chi connectivity index (χ4v) is 8.96. The van der Waals surface area contributed by atoms with Gasteiger partial charge in [0.25, 0.3) is 0 Å². The Morgan fingerprint density at radius 1 is 0.909 bits per heavy atom. The van der Waals surface area contributed by atoms with Crippen molar-refractivity contribution >= 4 is 73.8 Å². The van der Waals surface area contributed by atoms with E-state index in [1.807, 2.05) is 55.5 Å². The van der Waals surface area contributed by atoms with E-state index in [4.69, 9.17) is 0 Å². The Morgan fingerprint density at radius 3 is 2.20 bits per heavy atom. The van der Waals surface area contributed by atoms with Gasteiger partial charge in [-0.2, -0.15) is 0 Å². The highest BCUT2D eigenvalue weighted by molar-refractivity contribution is 9.10. The molecule has 3 amide bonds. The Bertz CT molecular complexity index is 1780. The van der Waals surface area contributed by atoms with Crippen LogP contribution in [-0.4, -0.2) is 40.6 Å². The largest absolute Gasteiger partial charge is 0.372 e. The molecule has 1 saturated heterocycles. The smallest absolute Gasteiger partial charge is 0.308 e. The molecule has 3 aromatic carbocycles. The van der Waals surface area contributed by atoms with Crippen molar-refractivity contribution in [2.24, 2.45) is 5.92 Å². The standard InChI is InChI=1S/C33H31BrN4O4S2/c1-4-36(5-2)23-14-8-20(9-15-23)26-27-28(31(41)38(30(27)40)24-16-10-21(34)11-17-24)43-32-29(26)44-33(42)37(32)18-25(39)35-22-12-6-19(3)7-13-22/h6-17,26-28H,4-5,18H2,1-3H3,(H,35,39)/t26-,27?,28?/m1/s1. The lowest BCUT2D eigenvalue weighted by Crippen LogP contribution is -2.33. The minimum absolute atomic E-state index is 0.199. The number of benzene rings is 3. The number of hydrogen-bond acceptors (Lipinski definition) is 7. The van der Waals surface area contributed by atoms with Crippen molar-refractivity contribution < 1.29 is 14.4 Å². The molecule has 4 aromatic rings. The summed E-state index contributed by atoms with van der Waals surface area (Å²) in [7, 11) is 0. The number of amides is 3. The summed E-state index contributed by atoms with van der Waals surface area (Å²) >= 11 is 5.69. The number of nitrogens with zero attached hydrogens (tertiary/aromatic N) is 3. The maximum atomic E-state index is 14.1. The fraction of sp³-hybridized carbons (Fsp3) is 0.273. The zero-order chi connectivity index (χ0) is 31.1. The van der Waals surface area contributed by atoms with Crippen molar-refractivity contribution in [1.29, 1.82) is 0 Å². The highest BCUT2D eigenvalue weighted by Crippen LogP contribution is 2.54. The average Bonchev–Trinajstić information content (AvgIpc) is 3.46. The van der Waals surface area contributed by atoms with Gasteiger partial charge in [0.1, 0.15) is 11.8 Å². The second kappa shape index (κ2) is 12.4. The number of thiazole rings is 1. The summed E-state index contributed by atoms with van der Waals surface area (Å²) in [5, 5.41) is 2.69. The van der Waals surface area contributed by atoms with Gasteiger partial charge in [-0.1, -0.05) is 68.9 Å². The van der Waals surface area contributed by atoms with Gasteiger partial charge in [0.15, 0.2) is 0 Å². The van der Waals surface area contributed by atoms with Crippen molar-refractivity contribution in [1.82, 2.24) is 4.57 Å². The number of carbonyl (C=O) groups excluding carboxylic acids is 3. The third-order valence-corrected chi connectivity index (χ3v) is 11.3. The number of nitrogens with one attached hydrogen (secondary N) is 1. The van der Waals surface area contributed by atoms with E-state index in [0.29, 0.717) is 21.3 Å². The van der Waals surface area contributed by atoms with Crippen LogP contribution in [0.15, 0.2) is 87.1 Å². The summed E-state index contributed by atoms with van der Waals surface area (Å²) in [6.45, 7) is 7.68. The third-order valence-electron chi connectivity index (χ3n) is 8.15. The molecular weight excluding hydrogens is 660 g/mol. The van der Waals surface area contributed by atoms with Gasteiger partial charge in [0.2, 0.25) is 17.7 Å². The number of imide groups is 1. The van der Waals surface area contributed by atoms with Crippen LogP contribution in [0.25, 0.3) is 0 Å². The summed E-state index contributed by atoms with van der Waals surface area (Å²) in [5.74, 6) is -2.17. The second-order valence-electron chi connectivity index (χ2n) is 10.8. The van der Waals surface area contributed by atoms with Gasteiger partial charge >= 0.3 is 4.87 Å². The molecule has 44 heavy (non-hydrogen) atoms. The predicted molar refractivity (Wildman–Crippen MR) is 180 cm³/mol. The quantitative estimate of drug-likeness (QED) is 0.220. The van der Waals surface area contributed by atoms with E-state index in [-0.39, 0.29) is 29.1 Å². The molecule has 11 heteroatoms. The van der Waals surface area contributed by atoms with Crippen molar-refractivity contribution in [2.75, 3.05) is 28.2 Å². The molecule has 1 fully saturated rings. The Balaban J connectivity index is 1.41. The first kappa shape index (κ1) is 30.4. The summed E-state index contributed by atoms with van der Waals surface area (Å²) in [5.41, 5.74) is 4.13. The van der Waals surface area contributed by atoms with Crippen LogP contribution in [-0.2, 0) is 20.9 Å². The normalized spacial score (nSPS) is 19.1. The summed E-state index contributed by atoms with van der Waals surface area (Å²) in [6.07, 6.45) is 0. The molecule has 3 heterocycles. The van der Waals surface area contributed by atoms with Gasteiger partial charge in [0.05, 0.1) is 16.6 Å². The Hall–Kier alpha value is -3.67. The molecule has 8 nitrogen and oxygen atoms in total. The molecule has 6 rings (SSSR count). The van der Waals surface area contributed by atoms with Gasteiger partial charge in [-0.3, -0.25) is 23.7 Å². The Morgan fingerprint density at radius 2 is 1.57 bits per heavy atom. The molecule has 1 aromatic heterocycles. The summed E-state index contributed by atoms with van der Waals surface area (Å²) < 4.78 is 2.29. The SMILES string of the molecule is CCN(CC)c1ccc([C@H]2c3sc(=O)n(CC(=O)Nc4ccc(C)cc4)c3SC3C(=O)N(c4ccc(Br)cc4)C(=O)C32)cc1. The summed E-state index contributed by atoms with van der Waals surface area (Å²) in [4.78, 5) is 58.5. The number of carbonyl (C=O) groups is 3. The zero-order valence-electron chi connectivity index (χ0n) is 24.5. The minimum atomic E-state index is -0.744. The fourth-order valence-electron chi connectivity index (χ4n) is 5.92. The van der Waals surface area contributed by atoms with Gasteiger partial charge < -0.3 is 10.2 Å². The van der Waals surface area contributed by atoms with E-state index < -0.39 is 17.1 Å². The molecule has 2 aliphatic rings. The molecule has 3 atom stereocenters. The number of halogens is 1. The molecule has 226 valence electrons. The van der Waals surface area contributed by atoms with Crippen molar-refractivity contribution in [2.45, 2.75) is 43.5 Å². The molecule has 2 aliphatic heterocycles. The number of anilines is 3. The Kier molecular flexibility index (Phi) is 8.54. The van der Waals surface area contributed by atoms with Crippen LogP contribution in [0.5, 0.6) is 0 Å². The monoisotopic (exact) mass is 690 g/mol. The first-order valence-corrected chi connectivity index (χ1v) is 16.9. The lowest BCUT2D eigenvalue weighted by atomic mass is 9.83. The van der Waals surface area contributed by atoms with Gasteiger partial charge in [-0.05, 0) is 74.9 Å². The molecular formula is C33H31BrN4O4S2. The molecule has 0 saturated carbocycles. The first-order chi connectivity index (χ1) is 21.2. The highest BCUT2D eigenvalue weighted by atomic mass is 79.9. The van der Waals surface area contributed by atoms with Crippen LogP contribution >= 0.6 is 39.0 Å². The number of hydrogen-bond donors (Lipinski definition) is 1. The lowest BCUT2D eigenvalue weighted by molar-refractivity contribution is -0.122. The minimum Gasteiger partial charge on any atom is -0.372 e.